The maximum absolute atomic E-state index is 12.4. The molecule has 0 aromatic rings. The third kappa shape index (κ3) is 0.964. The van der Waals surface area contributed by atoms with Crippen molar-refractivity contribution in [2.45, 2.75) is 6.43 Å². The van der Waals surface area contributed by atoms with Gasteiger partial charge in [0, 0.05) is 24.4 Å². The van der Waals surface area contributed by atoms with E-state index in [0.29, 0.717) is 26.3 Å². The number of alkyl halides is 2. The van der Waals surface area contributed by atoms with Gasteiger partial charge in [0.1, 0.15) is 0 Å². The van der Waals surface area contributed by atoms with Crippen molar-refractivity contribution in [2.24, 2.45) is 11.3 Å². The minimum absolute atomic E-state index is 0.228. The third-order valence-electron chi connectivity index (χ3n) is 2.71. The summed E-state index contributed by atoms with van der Waals surface area (Å²) in [5, 5.41) is 2.99. The fraction of sp³-hybridized carbons (Fsp3) is 1.00. The first-order chi connectivity index (χ1) is 5.25. The van der Waals surface area contributed by atoms with Gasteiger partial charge >= 0.3 is 0 Å². The number of halogens is 2. The molecule has 0 aromatic heterocycles. The molecule has 0 amide bonds. The highest BCUT2D eigenvalue weighted by Crippen LogP contribution is 2.41. The molecule has 2 aliphatic heterocycles. The molecule has 2 nitrogen and oxygen atoms in total. The maximum atomic E-state index is 12.4. The standard InChI is InChI=1S/C7H11F2NO/c8-6(9)5-1-10-2-7(5)3-11-4-7/h5-6,10H,1-4H2. The van der Waals surface area contributed by atoms with Crippen molar-refractivity contribution in [2.75, 3.05) is 26.3 Å². The molecule has 1 N–H and O–H groups in total. The summed E-state index contributed by atoms with van der Waals surface area (Å²) >= 11 is 0. The zero-order valence-corrected chi connectivity index (χ0v) is 6.15. The van der Waals surface area contributed by atoms with Crippen molar-refractivity contribution in [1.29, 1.82) is 0 Å². The van der Waals surface area contributed by atoms with Crippen molar-refractivity contribution in [3.63, 3.8) is 0 Å². The van der Waals surface area contributed by atoms with Gasteiger partial charge in [0.25, 0.3) is 0 Å². The van der Waals surface area contributed by atoms with Gasteiger partial charge in [-0.2, -0.15) is 0 Å². The number of rotatable bonds is 1. The van der Waals surface area contributed by atoms with Crippen LogP contribution >= 0.6 is 0 Å². The van der Waals surface area contributed by atoms with Gasteiger partial charge in [-0.25, -0.2) is 8.78 Å². The molecule has 4 heteroatoms. The Labute approximate surface area is 63.9 Å². The average molecular weight is 163 g/mol. The predicted octanol–water partition coefficient (Wildman–Crippen LogP) is 0.487. The molecule has 0 saturated carbocycles. The number of hydrogen-bond donors (Lipinski definition) is 1. The topological polar surface area (TPSA) is 21.3 Å². The zero-order valence-electron chi connectivity index (χ0n) is 6.15. The summed E-state index contributed by atoms with van der Waals surface area (Å²) < 4.78 is 29.7. The van der Waals surface area contributed by atoms with Crippen LogP contribution in [0.3, 0.4) is 0 Å². The molecule has 0 bridgehead atoms. The highest BCUT2D eigenvalue weighted by molar-refractivity contribution is 5.00. The lowest BCUT2D eigenvalue weighted by Crippen LogP contribution is -2.50. The first kappa shape index (κ1) is 7.43. The molecule has 0 aliphatic carbocycles. The molecule has 0 aromatic carbocycles. The van der Waals surface area contributed by atoms with Crippen LogP contribution < -0.4 is 5.32 Å². The molecular weight excluding hydrogens is 152 g/mol. The molecule has 0 radical (unpaired) electrons. The van der Waals surface area contributed by atoms with Gasteiger partial charge in [-0.15, -0.1) is 0 Å². The Hall–Kier alpha value is -0.220. The Kier molecular flexibility index (Phi) is 1.61. The highest BCUT2D eigenvalue weighted by Gasteiger charge is 2.52. The van der Waals surface area contributed by atoms with Gasteiger partial charge in [-0.3, -0.25) is 0 Å². The maximum Gasteiger partial charge on any atom is 0.243 e. The molecule has 1 unspecified atom stereocenters. The Morgan fingerprint density at radius 2 is 2.18 bits per heavy atom. The second-order valence-electron chi connectivity index (χ2n) is 3.43. The van der Waals surface area contributed by atoms with E-state index in [2.05, 4.69) is 5.32 Å². The van der Waals surface area contributed by atoms with Crippen LogP contribution in [0.4, 0.5) is 8.78 Å². The van der Waals surface area contributed by atoms with E-state index in [-0.39, 0.29) is 5.41 Å². The molecule has 2 heterocycles. The van der Waals surface area contributed by atoms with Gasteiger partial charge in [-0.1, -0.05) is 0 Å². The summed E-state index contributed by atoms with van der Waals surface area (Å²) in [4.78, 5) is 0. The molecule has 1 atom stereocenters. The van der Waals surface area contributed by atoms with E-state index in [1.807, 2.05) is 0 Å². The average Bonchev–Trinajstić information content (AvgIpc) is 2.27. The fourth-order valence-electron chi connectivity index (χ4n) is 1.86. The number of hydrogen-bond acceptors (Lipinski definition) is 2. The normalized spacial score (nSPS) is 34.6. The lowest BCUT2D eigenvalue weighted by molar-refractivity contribution is -0.151. The van der Waals surface area contributed by atoms with Gasteiger partial charge in [0.05, 0.1) is 13.2 Å². The summed E-state index contributed by atoms with van der Waals surface area (Å²) in [5.41, 5.74) is -0.228. The highest BCUT2D eigenvalue weighted by atomic mass is 19.3. The van der Waals surface area contributed by atoms with Crippen molar-refractivity contribution in [3.05, 3.63) is 0 Å². The second-order valence-corrected chi connectivity index (χ2v) is 3.43. The summed E-state index contributed by atoms with van der Waals surface area (Å²) in [6.07, 6.45) is -2.20. The van der Waals surface area contributed by atoms with E-state index < -0.39 is 12.3 Å². The predicted molar refractivity (Wildman–Crippen MR) is 35.6 cm³/mol. The zero-order chi connectivity index (χ0) is 7.90. The van der Waals surface area contributed by atoms with E-state index in [1.54, 1.807) is 0 Å². The minimum Gasteiger partial charge on any atom is -0.380 e. The first-order valence-corrected chi connectivity index (χ1v) is 3.81. The van der Waals surface area contributed by atoms with Crippen molar-refractivity contribution < 1.29 is 13.5 Å². The summed E-state index contributed by atoms with van der Waals surface area (Å²) in [7, 11) is 0. The fourth-order valence-corrected chi connectivity index (χ4v) is 1.86. The molecule has 2 saturated heterocycles. The van der Waals surface area contributed by atoms with Crippen LogP contribution in [-0.4, -0.2) is 32.7 Å². The van der Waals surface area contributed by atoms with Crippen LogP contribution in [0.25, 0.3) is 0 Å². The Morgan fingerprint density at radius 1 is 1.45 bits per heavy atom. The van der Waals surface area contributed by atoms with Crippen molar-refractivity contribution >= 4 is 0 Å². The summed E-state index contributed by atoms with van der Waals surface area (Å²) in [5.74, 6) is -0.490. The van der Waals surface area contributed by atoms with Crippen LogP contribution in [0.2, 0.25) is 0 Å². The van der Waals surface area contributed by atoms with Gasteiger partial charge in [0.2, 0.25) is 6.43 Å². The summed E-state index contributed by atoms with van der Waals surface area (Å²) in [6, 6.07) is 0. The van der Waals surface area contributed by atoms with Crippen LogP contribution in [0.1, 0.15) is 0 Å². The van der Waals surface area contributed by atoms with E-state index in [0.717, 1.165) is 0 Å². The quantitative estimate of drug-likeness (QED) is 0.607. The Balaban J connectivity index is 2.07. The van der Waals surface area contributed by atoms with Crippen molar-refractivity contribution in [3.8, 4) is 0 Å². The van der Waals surface area contributed by atoms with E-state index in [9.17, 15) is 8.78 Å². The molecule has 2 rings (SSSR count). The molecule has 11 heavy (non-hydrogen) atoms. The smallest absolute Gasteiger partial charge is 0.243 e. The van der Waals surface area contributed by atoms with E-state index >= 15 is 0 Å². The van der Waals surface area contributed by atoms with E-state index in [4.69, 9.17) is 4.74 Å². The largest absolute Gasteiger partial charge is 0.380 e. The monoisotopic (exact) mass is 163 g/mol. The van der Waals surface area contributed by atoms with E-state index in [1.165, 1.54) is 0 Å². The van der Waals surface area contributed by atoms with Gasteiger partial charge in [-0.05, 0) is 0 Å². The van der Waals surface area contributed by atoms with Crippen LogP contribution in [0.5, 0.6) is 0 Å². The molecule has 2 aliphatic rings. The molecule has 1 spiro atoms. The summed E-state index contributed by atoms with van der Waals surface area (Å²) in [6.45, 7) is 2.16. The van der Waals surface area contributed by atoms with Gasteiger partial charge in [0.15, 0.2) is 0 Å². The second kappa shape index (κ2) is 2.38. The van der Waals surface area contributed by atoms with Crippen LogP contribution in [0.15, 0.2) is 0 Å². The SMILES string of the molecule is FC(F)C1CNCC12COC2. The minimum atomic E-state index is -2.20. The van der Waals surface area contributed by atoms with Crippen LogP contribution in [0, 0.1) is 11.3 Å². The van der Waals surface area contributed by atoms with Crippen molar-refractivity contribution in [1.82, 2.24) is 5.32 Å². The Bertz CT molecular complexity index is 159. The van der Waals surface area contributed by atoms with Gasteiger partial charge < -0.3 is 10.1 Å². The molecular formula is C7H11F2NO. The lowest BCUT2D eigenvalue weighted by atomic mass is 9.76. The molecule has 64 valence electrons. The molecule has 2 fully saturated rings. The number of ether oxygens (including phenoxy) is 1. The Morgan fingerprint density at radius 3 is 2.55 bits per heavy atom. The van der Waals surface area contributed by atoms with Crippen LogP contribution in [-0.2, 0) is 4.74 Å². The first-order valence-electron chi connectivity index (χ1n) is 3.81. The lowest BCUT2D eigenvalue weighted by Gasteiger charge is -2.41. The third-order valence-corrected chi connectivity index (χ3v) is 2.71. The number of nitrogens with one attached hydrogen (secondary N) is 1.